The van der Waals surface area contributed by atoms with Crippen LogP contribution in [0, 0.1) is 5.82 Å². The smallest absolute Gasteiger partial charge is 0.246 e. The average Bonchev–Trinajstić information content (AvgIpc) is 3.05. The average molecular weight is 374 g/mol. The number of aromatic nitrogens is 1. The third-order valence-corrected chi connectivity index (χ3v) is 4.44. The second-order valence-electron chi connectivity index (χ2n) is 5.15. The number of nitrogens with one attached hydrogen (secondary N) is 1. The third kappa shape index (κ3) is 4.71. The Balaban J connectivity index is 1.59. The summed E-state index contributed by atoms with van der Waals surface area (Å²) >= 11 is 7.41. The largest absolute Gasteiger partial charge is 0.273 e. The van der Waals surface area contributed by atoms with E-state index in [1.54, 1.807) is 24.3 Å². The molecular weight excluding hydrogens is 361 g/mol. The van der Waals surface area contributed by atoms with Gasteiger partial charge in [-0.3, -0.25) is 4.79 Å². The lowest BCUT2D eigenvalue weighted by Crippen LogP contribution is -2.20. The molecule has 0 spiro atoms. The molecule has 0 atom stereocenters. The Morgan fingerprint density at radius 2 is 2.12 bits per heavy atom. The van der Waals surface area contributed by atoms with Crippen LogP contribution in [0.1, 0.15) is 11.3 Å². The molecule has 0 aliphatic heterocycles. The van der Waals surface area contributed by atoms with Gasteiger partial charge in [-0.05, 0) is 18.2 Å². The number of thiazole rings is 1. The number of rotatable bonds is 5. The highest BCUT2D eigenvalue weighted by Gasteiger charge is 2.09. The molecule has 126 valence electrons. The molecule has 0 fully saturated rings. The molecule has 0 radical (unpaired) electrons. The summed E-state index contributed by atoms with van der Waals surface area (Å²) in [5.41, 5.74) is 4.22. The number of amides is 1. The minimum Gasteiger partial charge on any atom is -0.273 e. The van der Waals surface area contributed by atoms with Crippen LogP contribution in [0.15, 0.2) is 59.0 Å². The molecule has 1 N–H and O–H groups in total. The van der Waals surface area contributed by atoms with Crippen molar-refractivity contribution in [1.82, 2.24) is 10.4 Å². The van der Waals surface area contributed by atoms with Gasteiger partial charge in [0.05, 0.1) is 18.3 Å². The number of nitrogens with zero attached hydrogens (tertiary/aromatic N) is 2. The summed E-state index contributed by atoms with van der Waals surface area (Å²) in [7, 11) is 0. The van der Waals surface area contributed by atoms with E-state index >= 15 is 0 Å². The highest BCUT2D eigenvalue weighted by molar-refractivity contribution is 7.13. The summed E-state index contributed by atoms with van der Waals surface area (Å²) in [6, 6.07) is 13.6. The van der Waals surface area contributed by atoms with Gasteiger partial charge in [0.2, 0.25) is 5.91 Å². The van der Waals surface area contributed by atoms with E-state index in [1.165, 1.54) is 23.6 Å². The van der Waals surface area contributed by atoms with Crippen molar-refractivity contribution in [2.45, 2.75) is 6.42 Å². The minimum atomic E-state index is -0.397. The first-order valence-corrected chi connectivity index (χ1v) is 8.64. The normalized spacial score (nSPS) is 11.0. The van der Waals surface area contributed by atoms with Crippen LogP contribution in [-0.2, 0) is 11.2 Å². The Bertz CT molecular complexity index is 926. The quantitative estimate of drug-likeness (QED) is 0.535. The first-order valence-electron chi connectivity index (χ1n) is 7.38. The Hall–Kier alpha value is -2.57. The zero-order valence-electron chi connectivity index (χ0n) is 12.9. The standard InChI is InChI=1S/C18H13ClFN3OS/c19-14-6-3-5-12(8-14)18-22-15(11-25-18)9-17(24)23-21-10-13-4-1-2-7-16(13)20/h1-8,10-11H,9H2,(H,23,24). The van der Waals surface area contributed by atoms with E-state index in [0.717, 1.165) is 10.6 Å². The molecule has 0 bridgehead atoms. The van der Waals surface area contributed by atoms with Gasteiger partial charge in [0, 0.05) is 21.5 Å². The molecule has 7 heteroatoms. The number of halogens is 2. The van der Waals surface area contributed by atoms with Gasteiger partial charge in [-0.25, -0.2) is 14.8 Å². The van der Waals surface area contributed by atoms with Crippen LogP contribution >= 0.6 is 22.9 Å². The lowest BCUT2D eigenvalue weighted by molar-refractivity contribution is -0.120. The van der Waals surface area contributed by atoms with E-state index in [1.807, 2.05) is 23.6 Å². The van der Waals surface area contributed by atoms with Gasteiger partial charge >= 0.3 is 0 Å². The molecule has 0 saturated heterocycles. The van der Waals surface area contributed by atoms with Gasteiger partial charge < -0.3 is 0 Å². The molecule has 1 amide bonds. The highest BCUT2D eigenvalue weighted by Crippen LogP contribution is 2.26. The van der Waals surface area contributed by atoms with Crippen molar-refractivity contribution in [2.24, 2.45) is 5.10 Å². The number of benzene rings is 2. The lowest BCUT2D eigenvalue weighted by Gasteiger charge is -1.98. The van der Waals surface area contributed by atoms with Crippen molar-refractivity contribution in [3.8, 4) is 10.6 Å². The van der Waals surface area contributed by atoms with Gasteiger partial charge in [0.25, 0.3) is 0 Å². The van der Waals surface area contributed by atoms with Gasteiger partial charge in [0.1, 0.15) is 10.8 Å². The molecule has 3 rings (SSSR count). The van der Waals surface area contributed by atoms with Crippen molar-refractivity contribution >= 4 is 35.1 Å². The maximum atomic E-state index is 13.4. The molecule has 0 saturated carbocycles. The Morgan fingerprint density at radius 1 is 1.28 bits per heavy atom. The van der Waals surface area contributed by atoms with E-state index in [-0.39, 0.29) is 12.3 Å². The molecule has 4 nitrogen and oxygen atoms in total. The van der Waals surface area contributed by atoms with Crippen LogP contribution in [0.4, 0.5) is 4.39 Å². The zero-order chi connectivity index (χ0) is 17.6. The maximum absolute atomic E-state index is 13.4. The Morgan fingerprint density at radius 3 is 2.92 bits per heavy atom. The molecule has 0 aliphatic rings. The minimum absolute atomic E-state index is 0.0890. The fraction of sp³-hybridized carbons (Fsp3) is 0.0556. The Kier molecular flexibility index (Phi) is 5.53. The number of carbonyl (C=O) groups is 1. The SMILES string of the molecule is O=C(Cc1csc(-c2cccc(Cl)c2)n1)NN=Cc1ccccc1F. The van der Waals surface area contributed by atoms with Crippen LogP contribution in [0.3, 0.4) is 0 Å². The van der Waals surface area contributed by atoms with Crippen LogP contribution in [0.5, 0.6) is 0 Å². The number of hydrogen-bond acceptors (Lipinski definition) is 4. The number of carbonyl (C=O) groups excluding carboxylic acids is 1. The van der Waals surface area contributed by atoms with Crippen molar-refractivity contribution in [3.63, 3.8) is 0 Å². The lowest BCUT2D eigenvalue weighted by atomic mass is 10.2. The van der Waals surface area contributed by atoms with E-state index in [9.17, 15) is 9.18 Å². The van der Waals surface area contributed by atoms with Gasteiger partial charge in [0.15, 0.2) is 0 Å². The molecule has 0 aliphatic carbocycles. The summed E-state index contributed by atoms with van der Waals surface area (Å²) in [5.74, 6) is -0.721. The van der Waals surface area contributed by atoms with E-state index in [4.69, 9.17) is 11.6 Å². The summed E-state index contributed by atoms with van der Waals surface area (Å²) in [4.78, 5) is 16.3. The topological polar surface area (TPSA) is 54.4 Å². The predicted molar refractivity (Wildman–Crippen MR) is 98.4 cm³/mol. The fourth-order valence-corrected chi connectivity index (χ4v) is 3.11. The molecule has 1 heterocycles. The fourth-order valence-electron chi connectivity index (χ4n) is 2.10. The second-order valence-corrected chi connectivity index (χ2v) is 6.44. The van der Waals surface area contributed by atoms with E-state index in [2.05, 4.69) is 15.5 Å². The summed E-state index contributed by atoms with van der Waals surface area (Å²) < 4.78 is 13.4. The van der Waals surface area contributed by atoms with Crippen molar-refractivity contribution < 1.29 is 9.18 Å². The van der Waals surface area contributed by atoms with E-state index in [0.29, 0.717) is 16.3 Å². The van der Waals surface area contributed by atoms with Crippen LogP contribution < -0.4 is 5.43 Å². The van der Waals surface area contributed by atoms with Crippen LogP contribution in [0.2, 0.25) is 5.02 Å². The maximum Gasteiger partial charge on any atom is 0.246 e. The third-order valence-electron chi connectivity index (χ3n) is 3.26. The second kappa shape index (κ2) is 8.00. The number of hydrazone groups is 1. The molecular formula is C18H13ClFN3OS. The summed E-state index contributed by atoms with van der Waals surface area (Å²) in [6.07, 6.45) is 1.36. The van der Waals surface area contributed by atoms with Gasteiger partial charge in [-0.15, -0.1) is 11.3 Å². The highest BCUT2D eigenvalue weighted by atomic mass is 35.5. The van der Waals surface area contributed by atoms with Gasteiger partial charge in [-0.1, -0.05) is 41.9 Å². The van der Waals surface area contributed by atoms with Crippen LogP contribution in [0.25, 0.3) is 10.6 Å². The molecule has 0 unspecified atom stereocenters. The predicted octanol–water partition coefficient (Wildman–Crippen LogP) is 4.30. The van der Waals surface area contributed by atoms with Crippen LogP contribution in [-0.4, -0.2) is 17.1 Å². The first-order chi connectivity index (χ1) is 12.1. The van der Waals surface area contributed by atoms with E-state index < -0.39 is 5.82 Å². The molecule has 2 aromatic carbocycles. The Labute approximate surface area is 153 Å². The van der Waals surface area contributed by atoms with Crippen molar-refractivity contribution in [2.75, 3.05) is 0 Å². The van der Waals surface area contributed by atoms with Crippen molar-refractivity contribution in [1.29, 1.82) is 0 Å². The molecule has 3 aromatic rings. The molecule has 25 heavy (non-hydrogen) atoms. The molecule has 1 aromatic heterocycles. The van der Waals surface area contributed by atoms with Crippen molar-refractivity contribution in [3.05, 3.63) is 76.0 Å². The first kappa shape index (κ1) is 17.3. The summed E-state index contributed by atoms with van der Waals surface area (Å²) in [6.45, 7) is 0. The van der Waals surface area contributed by atoms with Gasteiger partial charge in [-0.2, -0.15) is 5.10 Å². The summed E-state index contributed by atoms with van der Waals surface area (Å²) in [5, 5.41) is 7.01. The zero-order valence-corrected chi connectivity index (χ0v) is 14.5. The number of hydrogen-bond donors (Lipinski definition) is 1. The monoisotopic (exact) mass is 373 g/mol.